The number of anilines is 1. The van der Waals surface area contributed by atoms with E-state index in [0.717, 1.165) is 25.3 Å². The third-order valence-electron chi connectivity index (χ3n) is 6.68. The molecule has 0 unspecified atom stereocenters. The summed E-state index contributed by atoms with van der Waals surface area (Å²) in [5.41, 5.74) is 0.640. The molecule has 5 aromatic carbocycles. The number of hydrogen-bond donors (Lipinski definition) is 9. The Kier molecular flexibility index (Phi) is 27.4. The first-order valence-electron chi connectivity index (χ1n) is 16.0. The number of aromatic hydroxyl groups is 8. The second-order valence-electron chi connectivity index (χ2n) is 11.2. The smallest absolute Gasteiger partial charge is 0.341 e. The fourth-order valence-corrected chi connectivity index (χ4v) is 4.97. The van der Waals surface area contributed by atoms with Crippen LogP contribution < -0.4 is 4.90 Å². The maximum absolute atomic E-state index is 11.1. The summed E-state index contributed by atoms with van der Waals surface area (Å²) in [6.07, 6.45) is 0. The molecule has 5 rings (SSSR count). The van der Waals surface area contributed by atoms with Crippen LogP contribution in [0.3, 0.4) is 0 Å². The SMILES string of the molecule is C.CN(C)c1ccccc1.COC(=O)c1cc(Cl)c(O)c(Cl)c1O.COC(=O)c1ccc(O)cc1O.O=C(O)c1cc(Cl)c(O)c(Cl)c1O.O=S(=O)(Cl)Cl.Oc1ccc(Cl)c(O)c1Cl. The molecule has 0 amide bonds. The molecule has 5 aromatic rings. The number of phenolic OH excluding ortho intramolecular Hbond substituents is 7. The van der Waals surface area contributed by atoms with Crippen molar-refractivity contribution in [2.45, 2.75) is 7.43 Å². The van der Waals surface area contributed by atoms with Crippen molar-refractivity contribution in [2.75, 3.05) is 33.2 Å². The summed E-state index contributed by atoms with van der Waals surface area (Å²) < 4.78 is 27.1. The molecule has 0 spiro atoms. The maximum Gasteiger partial charge on any atom is 0.341 e. The van der Waals surface area contributed by atoms with Gasteiger partial charge in [-0.05, 0) is 48.5 Å². The number of esters is 2. The van der Waals surface area contributed by atoms with Crippen molar-refractivity contribution < 1.29 is 78.2 Å². The fraction of sp³-hybridized carbons (Fsp3) is 0.132. The number of hydrogen-bond acceptors (Lipinski definition) is 16. The van der Waals surface area contributed by atoms with Crippen molar-refractivity contribution in [1.29, 1.82) is 0 Å². The highest BCUT2D eigenvalue weighted by atomic mass is 36.0. The number of phenols is 8. The van der Waals surface area contributed by atoms with Gasteiger partial charge in [-0.3, -0.25) is 0 Å². The minimum absolute atomic E-state index is 0. The van der Waals surface area contributed by atoms with Gasteiger partial charge >= 0.3 is 26.2 Å². The molecule has 0 bridgehead atoms. The second kappa shape index (κ2) is 28.7. The lowest BCUT2D eigenvalue weighted by Crippen LogP contribution is -2.07. The van der Waals surface area contributed by atoms with Crippen LogP contribution in [0.4, 0.5) is 5.69 Å². The average molecular weight is 1080 g/mol. The Morgan fingerprint density at radius 2 is 0.938 bits per heavy atom. The Morgan fingerprint density at radius 3 is 1.31 bits per heavy atom. The highest BCUT2D eigenvalue weighted by Crippen LogP contribution is 2.42. The molecule has 0 saturated carbocycles. The highest BCUT2D eigenvalue weighted by Gasteiger charge is 2.20. The van der Waals surface area contributed by atoms with Gasteiger partial charge in [0.15, 0.2) is 28.7 Å². The summed E-state index contributed by atoms with van der Waals surface area (Å²) in [7, 11) is 11.3. The molecule has 0 atom stereocenters. The number of nitrogens with zero attached hydrogens (tertiary/aromatic N) is 1. The Balaban J connectivity index is 0. The van der Waals surface area contributed by atoms with Crippen molar-refractivity contribution >= 4 is 123 Å². The zero-order valence-electron chi connectivity index (χ0n) is 32.2. The third kappa shape index (κ3) is 20.7. The largest absolute Gasteiger partial charge is 0.508 e. The topological polar surface area (TPSA) is 289 Å². The van der Waals surface area contributed by atoms with Crippen molar-refractivity contribution in [3.8, 4) is 46.0 Å². The van der Waals surface area contributed by atoms with Crippen LogP contribution in [0.1, 0.15) is 38.5 Å². The predicted octanol–water partition coefficient (Wildman–Crippen LogP) is 10.7. The van der Waals surface area contributed by atoms with Crippen LogP contribution in [0.2, 0.25) is 30.1 Å². The van der Waals surface area contributed by atoms with Crippen LogP contribution in [-0.2, 0) is 17.7 Å². The molecular formula is C38H37Cl8NO16S. The number of rotatable bonds is 4. The number of ether oxygens (including phenoxy) is 2. The predicted molar refractivity (Wildman–Crippen MR) is 247 cm³/mol. The van der Waals surface area contributed by atoms with Gasteiger partial charge in [0.1, 0.15) is 49.0 Å². The Morgan fingerprint density at radius 1 is 0.531 bits per heavy atom. The van der Waals surface area contributed by atoms with Gasteiger partial charge in [0, 0.05) is 47.2 Å². The maximum atomic E-state index is 11.1. The van der Waals surface area contributed by atoms with E-state index in [1.54, 1.807) is 0 Å². The summed E-state index contributed by atoms with van der Waals surface area (Å²) in [6.45, 7) is 0. The molecule has 64 heavy (non-hydrogen) atoms. The summed E-state index contributed by atoms with van der Waals surface area (Å²) in [5, 5.41) is 80.0. The molecule has 0 aliphatic heterocycles. The number of methoxy groups -OCH3 is 2. The number of carboxylic acid groups (broad SMARTS) is 1. The summed E-state index contributed by atoms with van der Waals surface area (Å²) in [4.78, 5) is 34.5. The van der Waals surface area contributed by atoms with E-state index in [1.165, 1.54) is 37.1 Å². The molecule has 26 heteroatoms. The van der Waals surface area contributed by atoms with Crippen LogP contribution in [0.5, 0.6) is 46.0 Å². The zero-order valence-corrected chi connectivity index (χ0v) is 39.1. The second-order valence-corrected chi connectivity index (χ2v) is 17.2. The molecule has 0 fully saturated rings. The van der Waals surface area contributed by atoms with E-state index in [-0.39, 0.29) is 66.7 Å². The Bertz CT molecular complexity index is 2450. The minimum atomic E-state index is -3.72. The number of aromatic carboxylic acids is 1. The molecule has 0 radical (unpaired) electrons. The molecule has 0 aliphatic rings. The average Bonchev–Trinajstić information content (AvgIpc) is 3.22. The number of benzene rings is 5. The van der Waals surface area contributed by atoms with Gasteiger partial charge in [-0.25, -0.2) is 14.4 Å². The summed E-state index contributed by atoms with van der Waals surface area (Å²) in [5.74, 6) is -5.91. The van der Waals surface area contributed by atoms with E-state index < -0.39 is 59.8 Å². The molecule has 0 aromatic heterocycles. The van der Waals surface area contributed by atoms with Crippen LogP contribution >= 0.6 is 91.0 Å². The summed E-state index contributed by atoms with van der Waals surface area (Å²) in [6, 6.07) is 18.6. The monoisotopic (exact) mass is 1070 g/mol. The first kappa shape index (κ1) is 61.1. The standard InChI is InChI=1S/C8H6Cl2O4.C8H11N.C8H8O4.C7H4Cl2O4.C6H4Cl2O2.CH4.Cl2O2S/c1-14-8(13)3-2-4(9)7(12)5(10)6(3)11;1-9(2)8-6-4-3-5-7-8;1-12-8(11)6-3-2-5(9)4-7(6)10;8-3-1-2(7(12)13)5(10)4(9)6(3)11;7-3-1-2-4(9)5(8)6(3)10;;1-5(2,3)4/h2,11-12H,1H3;3-7H,1-2H3;2-4,9-10H,1H3;1,10-11H,(H,12,13);1-2,9-10H;1H4;. The van der Waals surface area contributed by atoms with E-state index in [0.29, 0.717) is 0 Å². The van der Waals surface area contributed by atoms with Crippen molar-refractivity contribution in [3.63, 3.8) is 0 Å². The normalized spacial score (nSPS) is 9.69. The first-order chi connectivity index (χ1) is 29.0. The number of carboxylic acids is 1. The van der Waals surface area contributed by atoms with Gasteiger partial charge in [0.25, 0.3) is 0 Å². The molecular weight excluding hydrogens is 1040 g/mol. The lowest BCUT2D eigenvalue weighted by atomic mass is 10.2. The van der Waals surface area contributed by atoms with Gasteiger partial charge in [0.05, 0.1) is 29.3 Å². The molecule has 9 N–H and O–H groups in total. The van der Waals surface area contributed by atoms with Gasteiger partial charge < -0.3 is 60.3 Å². The van der Waals surface area contributed by atoms with Gasteiger partial charge in [-0.1, -0.05) is 95.2 Å². The van der Waals surface area contributed by atoms with E-state index in [9.17, 15) is 24.6 Å². The highest BCUT2D eigenvalue weighted by molar-refractivity contribution is 8.31. The molecule has 352 valence electrons. The van der Waals surface area contributed by atoms with Crippen LogP contribution in [-0.4, -0.2) is 101 Å². The van der Waals surface area contributed by atoms with Crippen molar-refractivity contribution in [1.82, 2.24) is 0 Å². The first-order valence-corrected chi connectivity index (χ1v) is 21.4. The van der Waals surface area contributed by atoms with Crippen LogP contribution in [0.25, 0.3) is 0 Å². The Labute approximate surface area is 404 Å². The van der Waals surface area contributed by atoms with E-state index in [1.807, 2.05) is 32.3 Å². The summed E-state index contributed by atoms with van der Waals surface area (Å²) >= 11 is 32.7. The minimum Gasteiger partial charge on any atom is -0.508 e. The lowest BCUT2D eigenvalue weighted by molar-refractivity contribution is 0.0588. The van der Waals surface area contributed by atoms with Gasteiger partial charge in [0.2, 0.25) is 0 Å². The van der Waals surface area contributed by atoms with Crippen molar-refractivity contribution in [3.05, 3.63) is 120 Å². The lowest BCUT2D eigenvalue weighted by Gasteiger charge is -2.10. The third-order valence-corrected chi connectivity index (χ3v) is 8.65. The molecule has 17 nitrogen and oxygen atoms in total. The van der Waals surface area contributed by atoms with E-state index in [2.05, 4.69) is 47.9 Å². The number of para-hydroxylation sites is 1. The van der Waals surface area contributed by atoms with Crippen LogP contribution in [0.15, 0.2) is 72.8 Å². The number of carbonyl (C=O) groups excluding carboxylic acids is 2. The zero-order chi connectivity index (χ0) is 49.1. The van der Waals surface area contributed by atoms with Crippen LogP contribution in [0, 0.1) is 0 Å². The molecule has 0 aliphatic carbocycles. The van der Waals surface area contributed by atoms with E-state index in [4.69, 9.17) is 114 Å². The van der Waals surface area contributed by atoms with E-state index >= 15 is 0 Å². The van der Waals surface area contributed by atoms with Gasteiger partial charge in [-0.15, -0.1) is 0 Å². The number of halogens is 8. The number of carbonyl (C=O) groups is 3. The molecule has 0 saturated heterocycles. The fourth-order valence-electron chi connectivity index (χ4n) is 3.69. The van der Waals surface area contributed by atoms with Crippen molar-refractivity contribution in [2.24, 2.45) is 0 Å². The van der Waals surface area contributed by atoms with Gasteiger partial charge in [-0.2, -0.15) is 8.42 Å². The molecule has 0 heterocycles. The Hall–Kier alpha value is -5.02. The quantitative estimate of drug-likeness (QED) is 0.0597.